The topological polar surface area (TPSA) is 240 Å². The minimum Gasteiger partial charge on any atom is -0.455 e. The number of carbonyl (C=O) groups excluding carboxylic acids is 5. The SMILES string of the molecule is Cc1nc(NC(=O)N2C(=O)C(C)(C)C(OC(=O)OC3C(Cc4ccccc4)N(C(=O)Nc4ccc(Oc5ccnc(-c6cnn(C)c6)c5)c(C)n4)C(=O)C3(C)C)C2Cc2ccccc2)ccc1Oc1ccnc(-c2cnn(C)c2)c1. The summed E-state index contributed by atoms with van der Waals surface area (Å²) in [5.41, 5.74) is 2.41. The maximum absolute atomic E-state index is 14.6. The van der Waals surface area contributed by atoms with E-state index in [1.807, 2.05) is 87.2 Å². The second-order valence-corrected chi connectivity index (χ2v) is 20.8. The van der Waals surface area contributed by atoms with Gasteiger partial charge in [0.25, 0.3) is 0 Å². The van der Waals surface area contributed by atoms with Gasteiger partial charge in [-0.2, -0.15) is 10.2 Å². The summed E-state index contributed by atoms with van der Waals surface area (Å²) in [6.45, 7) is 9.80. The Labute approximate surface area is 460 Å². The Morgan fingerprint density at radius 2 is 0.963 bits per heavy atom. The van der Waals surface area contributed by atoms with Crippen LogP contribution in [0.4, 0.5) is 26.0 Å². The quantitative estimate of drug-likeness (QED) is 0.0963. The third-order valence-electron chi connectivity index (χ3n) is 14.2. The molecule has 2 aliphatic heterocycles. The molecule has 2 aromatic carbocycles. The van der Waals surface area contributed by atoms with Gasteiger partial charge in [0, 0.05) is 62.1 Å². The summed E-state index contributed by atoms with van der Waals surface area (Å²) >= 11 is 0. The van der Waals surface area contributed by atoms with Crippen molar-refractivity contribution >= 4 is 41.7 Å². The van der Waals surface area contributed by atoms with Crippen LogP contribution < -0.4 is 20.1 Å². The third-order valence-corrected chi connectivity index (χ3v) is 14.2. The van der Waals surface area contributed by atoms with Crippen LogP contribution in [-0.2, 0) is 46.0 Å². The average Bonchev–Trinajstić information content (AvgIpc) is 4.35. The molecule has 0 saturated carbocycles. The lowest BCUT2D eigenvalue weighted by atomic mass is 9.84. The standard InChI is InChI=1S/C59H58N12O9/c1-35-47(77-41-23-25-60-43(29-41)39-31-62-68(7)33-39)19-21-49(64-35)66-55(74)70-45(27-37-15-11-9-12-16-37)51(58(3,4)53(70)72)79-57(76)80-52-46(28-38-17-13-10-14-18-38)71(54(73)59(52,5)6)56(75)67-50-22-20-48(36(2)65-50)78-42-24-26-61-44(30-42)40-32-63-69(8)34-40/h9-26,29-34,45-46,51-52H,27-28H2,1-8H3,(H,64,66,74)(H,65,67,75). The van der Waals surface area contributed by atoms with E-state index in [4.69, 9.17) is 18.9 Å². The van der Waals surface area contributed by atoms with Crippen molar-refractivity contribution in [2.75, 3.05) is 10.6 Å². The predicted octanol–water partition coefficient (Wildman–Crippen LogP) is 9.88. The number of rotatable bonds is 14. The van der Waals surface area contributed by atoms with Crippen LogP contribution in [0.1, 0.15) is 50.2 Å². The molecule has 2 aliphatic rings. The smallest absolute Gasteiger partial charge is 0.455 e. The number of urea groups is 2. The molecule has 2 fully saturated rings. The molecular formula is C59H58N12O9. The fourth-order valence-electron chi connectivity index (χ4n) is 10.1. The minimum absolute atomic E-state index is 0.100. The number of nitrogens with zero attached hydrogens (tertiary/aromatic N) is 10. The highest BCUT2D eigenvalue weighted by molar-refractivity contribution is 6.06. The number of hydrogen-bond acceptors (Lipinski definition) is 15. The van der Waals surface area contributed by atoms with Gasteiger partial charge in [-0.3, -0.25) is 49.4 Å². The number of aromatic nitrogens is 8. The van der Waals surface area contributed by atoms with Gasteiger partial charge in [-0.25, -0.2) is 24.4 Å². The van der Waals surface area contributed by atoms with Crippen molar-refractivity contribution in [1.82, 2.24) is 49.3 Å². The Kier molecular flexibility index (Phi) is 14.7. The Morgan fingerprint density at radius 3 is 1.32 bits per heavy atom. The van der Waals surface area contributed by atoms with E-state index in [1.165, 1.54) is 0 Å². The van der Waals surface area contributed by atoms with Crippen LogP contribution in [0.5, 0.6) is 23.0 Å². The number of pyridine rings is 4. The van der Waals surface area contributed by atoms with Gasteiger partial charge in [0.05, 0.1) is 58.1 Å². The molecule has 2 saturated heterocycles. The highest BCUT2D eigenvalue weighted by atomic mass is 16.7. The van der Waals surface area contributed by atoms with E-state index in [-0.39, 0.29) is 24.5 Å². The van der Waals surface area contributed by atoms with Gasteiger partial charge in [-0.05, 0) is 102 Å². The molecule has 4 unspecified atom stereocenters. The lowest BCUT2D eigenvalue weighted by Gasteiger charge is -2.31. The molecule has 8 heterocycles. The molecule has 6 aromatic heterocycles. The van der Waals surface area contributed by atoms with Gasteiger partial charge in [0.15, 0.2) is 0 Å². The molecule has 21 nitrogen and oxygen atoms in total. The van der Waals surface area contributed by atoms with Crippen LogP contribution in [0.25, 0.3) is 22.5 Å². The summed E-state index contributed by atoms with van der Waals surface area (Å²) in [7, 11) is 3.64. The number of imide groups is 2. The van der Waals surface area contributed by atoms with E-state index in [0.717, 1.165) is 32.1 Å². The molecule has 4 atom stereocenters. The first-order valence-corrected chi connectivity index (χ1v) is 25.8. The normalized spacial score (nSPS) is 18.2. The Morgan fingerprint density at radius 1 is 0.562 bits per heavy atom. The number of aryl methyl sites for hydroxylation is 4. The van der Waals surface area contributed by atoms with Crippen molar-refractivity contribution in [2.45, 2.75) is 78.7 Å². The van der Waals surface area contributed by atoms with Gasteiger partial charge in [-0.1, -0.05) is 60.7 Å². The second-order valence-electron chi connectivity index (χ2n) is 20.8. The summed E-state index contributed by atoms with van der Waals surface area (Å²) in [4.78, 5) is 92.7. The van der Waals surface area contributed by atoms with E-state index in [1.54, 1.807) is 124 Å². The van der Waals surface area contributed by atoms with Gasteiger partial charge >= 0.3 is 18.2 Å². The Hall–Kier alpha value is -9.79. The van der Waals surface area contributed by atoms with Crippen LogP contribution in [0.3, 0.4) is 0 Å². The zero-order chi connectivity index (χ0) is 56.5. The van der Waals surface area contributed by atoms with Crippen molar-refractivity contribution in [3.63, 3.8) is 0 Å². The summed E-state index contributed by atoms with van der Waals surface area (Å²) in [5.74, 6) is 0.887. The lowest BCUT2D eigenvalue weighted by molar-refractivity contribution is -0.134. The summed E-state index contributed by atoms with van der Waals surface area (Å²) in [5, 5.41) is 14.0. The zero-order valence-electron chi connectivity index (χ0n) is 45.2. The second kappa shape index (κ2) is 21.9. The van der Waals surface area contributed by atoms with Gasteiger partial charge in [0.2, 0.25) is 11.8 Å². The largest absolute Gasteiger partial charge is 0.509 e. The number of nitrogens with one attached hydrogen (secondary N) is 2. The highest BCUT2D eigenvalue weighted by Gasteiger charge is 2.61. The molecule has 0 bridgehead atoms. The van der Waals surface area contributed by atoms with Gasteiger partial charge in [0.1, 0.15) is 46.8 Å². The van der Waals surface area contributed by atoms with Crippen molar-refractivity contribution < 1.29 is 42.9 Å². The first-order valence-electron chi connectivity index (χ1n) is 25.8. The maximum Gasteiger partial charge on any atom is 0.509 e. The van der Waals surface area contributed by atoms with Crippen molar-refractivity contribution in [2.24, 2.45) is 24.9 Å². The third kappa shape index (κ3) is 11.2. The number of amides is 6. The van der Waals surface area contributed by atoms with Gasteiger partial charge < -0.3 is 18.9 Å². The monoisotopic (exact) mass is 1080 g/mol. The molecule has 0 aliphatic carbocycles. The summed E-state index contributed by atoms with van der Waals surface area (Å²) in [6.07, 6.45) is 6.83. The van der Waals surface area contributed by atoms with Crippen LogP contribution in [0.2, 0.25) is 0 Å². The number of anilines is 2. The summed E-state index contributed by atoms with van der Waals surface area (Å²) in [6, 6.07) is 28.1. The van der Waals surface area contributed by atoms with Crippen molar-refractivity contribution in [3.05, 3.63) is 169 Å². The van der Waals surface area contributed by atoms with E-state index in [2.05, 4.69) is 40.8 Å². The molecule has 0 radical (unpaired) electrons. The van der Waals surface area contributed by atoms with Crippen LogP contribution in [0.15, 0.2) is 146 Å². The van der Waals surface area contributed by atoms with Crippen molar-refractivity contribution in [3.8, 4) is 45.5 Å². The lowest BCUT2D eigenvalue weighted by Crippen LogP contribution is -2.47. The first kappa shape index (κ1) is 53.6. The molecule has 8 aromatic rings. The molecule has 408 valence electrons. The number of ether oxygens (including phenoxy) is 4. The fourth-order valence-corrected chi connectivity index (χ4v) is 10.1. The molecule has 10 rings (SSSR count). The first-order chi connectivity index (χ1) is 38.3. The zero-order valence-corrected chi connectivity index (χ0v) is 45.2. The number of carbonyl (C=O) groups is 5. The molecule has 2 N–H and O–H groups in total. The maximum atomic E-state index is 14.6. The minimum atomic E-state index is -1.47. The molecule has 21 heteroatoms. The van der Waals surface area contributed by atoms with Crippen LogP contribution in [-0.4, -0.2) is 104 Å². The van der Waals surface area contributed by atoms with Crippen LogP contribution in [0, 0.1) is 24.7 Å². The Bertz CT molecular complexity index is 3410. The van der Waals surface area contributed by atoms with E-state index in [9.17, 15) is 24.0 Å². The fraction of sp³-hybridized carbons (Fsp3) is 0.271. The van der Waals surface area contributed by atoms with Crippen LogP contribution >= 0.6 is 0 Å². The number of likely N-dealkylation sites (tertiary alicyclic amines) is 2. The van der Waals surface area contributed by atoms with E-state index < -0.39 is 65.2 Å². The molecule has 0 spiro atoms. The predicted molar refractivity (Wildman–Crippen MR) is 293 cm³/mol. The van der Waals surface area contributed by atoms with E-state index >= 15 is 0 Å². The Balaban J connectivity index is 0.863. The number of hydrogen-bond donors (Lipinski definition) is 2. The number of benzene rings is 2. The van der Waals surface area contributed by atoms with Gasteiger partial charge in [-0.15, -0.1) is 0 Å². The summed E-state index contributed by atoms with van der Waals surface area (Å²) < 4.78 is 28.1. The molecule has 6 amide bonds. The van der Waals surface area contributed by atoms with E-state index in [0.29, 0.717) is 45.8 Å². The molecular weight excluding hydrogens is 1020 g/mol. The average molecular weight is 1080 g/mol. The van der Waals surface area contributed by atoms with Crippen molar-refractivity contribution in [1.29, 1.82) is 0 Å². The molecule has 80 heavy (non-hydrogen) atoms. The highest BCUT2D eigenvalue weighted by Crippen LogP contribution is 2.43.